The van der Waals surface area contributed by atoms with Crippen LogP contribution in [0.15, 0.2) is 29.2 Å². The third-order valence-corrected chi connectivity index (χ3v) is 3.86. The van der Waals surface area contributed by atoms with Gasteiger partial charge < -0.3 is 4.74 Å². The minimum atomic E-state index is -3.70. The van der Waals surface area contributed by atoms with Gasteiger partial charge in [0.1, 0.15) is 11.1 Å². The molecular weight excluding hydrogens is 346 g/mol. The number of aromatic nitrogens is 3. The Morgan fingerprint density at radius 3 is 2.65 bits per heavy atom. The van der Waals surface area contributed by atoms with E-state index in [1.807, 2.05) is 0 Å². The molecule has 0 N–H and O–H groups in total. The van der Waals surface area contributed by atoms with Crippen molar-refractivity contribution in [1.82, 2.24) is 14.8 Å². The number of nitrogens with zero attached hydrogens (tertiary/aromatic N) is 3. The lowest BCUT2D eigenvalue weighted by Gasteiger charge is -2.13. The smallest absolute Gasteiger partial charge is 0.292 e. The predicted molar refractivity (Wildman–Crippen MR) is 83.5 cm³/mol. The average molecular weight is 360 g/mol. The summed E-state index contributed by atoms with van der Waals surface area (Å²) in [6, 6.07) is 4.82. The molecule has 0 aromatic carbocycles. The number of rotatable bonds is 5. The highest BCUT2D eigenvalue weighted by Crippen LogP contribution is 2.23. The summed E-state index contributed by atoms with van der Waals surface area (Å²) in [5.74, 6) is 0.532. The second-order valence-electron chi connectivity index (χ2n) is 4.61. The SMILES string of the molecule is COc1cccc(-n2ncc(C(C)OS(C)(=O)=O)c(Cl)c2=O)n1. The fourth-order valence-electron chi connectivity index (χ4n) is 1.84. The van der Waals surface area contributed by atoms with Crippen LogP contribution in [0.4, 0.5) is 0 Å². The zero-order valence-corrected chi connectivity index (χ0v) is 14.1. The van der Waals surface area contributed by atoms with Crippen LogP contribution in [0.2, 0.25) is 5.02 Å². The highest BCUT2D eigenvalue weighted by atomic mass is 35.5. The zero-order valence-electron chi connectivity index (χ0n) is 12.6. The van der Waals surface area contributed by atoms with Crippen molar-refractivity contribution in [1.29, 1.82) is 0 Å². The van der Waals surface area contributed by atoms with Gasteiger partial charge in [0.2, 0.25) is 5.88 Å². The van der Waals surface area contributed by atoms with E-state index in [4.69, 9.17) is 20.5 Å². The van der Waals surface area contributed by atoms with Gasteiger partial charge in [-0.3, -0.25) is 8.98 Å². The van der Waals surface area contributed by atoms with E-state index in [-0.39, 0.29) is 16.4 Å². The molecule has 0 saturated carbocycles. The minimum absolute atomic E-state index is 0.168. The molecule has 8 nitrogen and oxygen atoms in total. The first-order valence-electron chi connectivity index (χ1n) is 6.40. The Bertz CT molecular complexity index is 881. The van der Waals surface area contributed by atoms with Crippen molar-refractivity contribution in [3.8, 4) is 11.7 Å². The summed E-state index contributed by atoms with van der Waals surface area (Å²) < 4.78 is 33.1. The molecule has 1 atom stereocenters. The molecule has 0 aliphatic carbocycles. The summed E-state index contributed by atoms with van der Waals surface area (Å²) >= 11 is 6.04. The van der Waals surface area contributed by atoms with Gasteiger partial charge in [-0.05, 0) is 13.0 Å². The predicted octanol–water partition coefficient (Wildman–Crippen LogP) is 1.33. The molecule has 0 aliphatic rings. The number of hydrogen-bond acceptors (Lipinski definition) is 7. The van der Waals surface area contributed by atoms with Crippen LogP contribution in [0, 0.1) is 0 Å². The maximum Gasteiger partial charge on any atom is 0.292 e. The summed E-state index contributed by atoms with van der Waals surface area (Å²) in [7, 11) is -2.25. The summed E-state index contributed by atoms with van der Waals surface area (Å²) in [6.07, 6.45) is 1.23. The second kappa shape index (κ2) is 6.65. The summed E-state index contributed by atoms with van der Waals surface area (Å²) in [5.41, 5.74) is -0.477. The van der Waals surface area contributed by atoms with Crippen molar-refractivity contribution in [2.75, 3.05) is 13.4 Å². The Morgan fingerprint density at radius 1 is 1.35 bits per heavy atom. The third kappa shape index (κ3) is 4.06. The van der Waals surface area contributed by atoms with Crippen LogP contribution in [-0.4, -0.2) is 36.5 Å². The average Bonchev–Trinajstić information content (AvgIpc) is 2.48. The fourth-order valence-corrected chi connectivity index (χ4v) is 2.75. The van der Waals surface area contributed by atoms with Gasteiger partial charge in [-0.25, -0.2) is 0 Å². The van der Waals surface area contributed by atoms with E-state index in [0.29, 0.717) is 5.88 Å². The molecule has 23 heavy (non-hydrogen) atoms. The minimum Gasteiger partial charge on any atom is -0.481 e. The highest BCUT2D eigenvalue weighted by Gasteiger charge is 2.20. The largest absolute Gasteiger partial charge is 0.481 e. The van der Waals surface area contributed by atoms with Crippen LogP contribution in [0.25, 0.3) is 5.82 Å². The maximum absolute atomic E-state index is 12.3. The van der Waals surface area contributed by atoms with E-state index in [2.05, 4.69) is 10.1 Å². The van der Waals surface area contributed by atoms with E-state index >= 15 is 0 Å². The summed E-state index contributed by atoms with van der Waals surface area (Å²) in [5, 5.41) is 3.77. The van der Waals surface area contributed by atoms with Crippen molar-refractivity contribution >= 4 is 21.7 Å². The van der Waals surface area contributed by atoms with E-state index < -0.39 is 21.8 Å². The molecule has 0 spiro atoms. The monoisotopic (exact) mass is 359 g/mol. The highest BCUT2D eigenvalue weighted by molar-refractivity contribution is 7.86. The van der Waals surface area contributed by atoms with Gasteiger partial charge in [-0.1, -0.05) is 17.7 Å². The molecule has 0 radical (unpaired) electrons. The number of methoxy groups -OCH3 is 1. The Balaban J connectivity index is 2.47. The number of pyridine rings is 1. The van der Waals surface area contributed by atoms with Crippen LogP contribution in [0.1, 0.15) is 18.6 Å². The van der Waals surface area contributed by atoms with E-state index in [1.54, 1.807) is 18.2 Å². The Labute approximate surface area is 137 Å². The van der Waals surface area contributed by atoms with Crippen molar-refractivity contribution in [3.63, 3.8) is 0 Å². The van der Waals surface area contributed by atoms with E-state index in [9.17, 15) is 13.2 Å². The molecule has 2 aromatic rings. The molecule has 2 rings (SSSR count). The molecule has 124 valence electrons. The van der Waals surface area contributed by atoms with Crippen LogP contribution in [-0.2, 0) is 14.3 Å². The Hall–Kier alpha value is -1.97. The Kier molecular flexibility index (Phi) is 5.03. The van der Waals surface area contributed by atoms with Gasteiger partial charge in [-0.15, -0.1) is 0 Å². The summed E-state index contributed by atoms with van der Waals surface area (Å²) in [6.45, 7) is 1.46. The van der Waals surface area contributed by atoms with Crippen LogP contribution in [0.5, 0.6) is 5.88 Å². The molecule has 0 saturated heterocycles. The summed E-state index contributed by atoms with van der Waals surface area (Å²) in [4.78, 5) is 16.4. The van der Waals surface area contributed by atoms with Gasteiger partial charge in [0.25, 0.3) is 15.7 Å². The van der Waals surface area contributed by atoms with Crippen molar-refractivity contribution in [2.24, 2.45) is 0 Å². The standard InChI is InChI=1S/C13H14ClN3O5S/c1-8(22-23(3,19)20)9-7-15-17(13(18)12(9)14)10-5-4-6-11(16-10)21-2/h4-8H,1-3H3. The van der Waals surface area contributed by atoms with Crippen molar-refractivity contribution in [3.05, 3.63) is 45.3 Å². The molecule has 0 amide bonds. The van der Waals surface area contributed by atoms with Gasteiger partial charge in [-0.2, -0.15) is 23.2 Å². The molecule has 0 aliphatic heterocycles. The second-order valence-corrected chi connectivity index (χ2v) is 6.59. The van der Waals surface area contributed by atoms with Crippen LogP contribution < -0.4 is 10.3 Å². The fraction of sp³-hybridized carbons (Fsp3) is 0.308. The first-order valence-corrected chi connectivity index (χ1v) is 8.60. The normalized spacial score (nSPS) is 12.9. The topological polar surface area (TPSA) is 100 Å². The number of halogens is 1. The first-order chi connectivity index (χ1) is 10.7. The maximum atomic E-state index is 12.3. The van der Waals surface area contributed by atoms with Gasteiger partial charge in [0.15, 0.2) is 5.82 Å². The quantitative estimate of drug-likeness (QED) is 0.742. The molecule has 0 fully saturated rings. The Morgan fingerprint density at radius 2 is 2.04 bits per heavy atom. The lowest BCUT2D eigenvalue weighted by molar-refractivity contribution is 0.236. The molecule has 1 unspecified atom stereocenters. The van der Waals surface area contributed by atoms with Gasteiger partial charge >= 0.3 is 0 Å². The van der Waals surface area contributed by atoms with E-state index in [1.165, 1.54) is 20.2 Å². The molecule has 10 heteroatoms. The molecular formula is C13H14ClN3O5S. The molecule has 2 aromatic heterocycles. The van der Waals surface area contributed by atoms with Gasteiger partial charge in [0.05, 0.1) is 19.6 Å². The lowest BCUT2D eigenvalue weighted by Crippen LogP contribution is -2.24. The zero-order chi connectivity index (χ0) is 17.2. The number of ether oxygens (including phenoxy) is 1. The lowest BCUT2D eigenvalue weighted by atomic mass is 10.2. The molecule has 2 heterocycles. The first kappa shape index (κ1) is 17.4. The third-order valence-electron chi connectivity index (χ3n) is 2.84. The number of hydrogen-bond donors (Lipinski definition) is 0. The van der Waals surface area contributed by atoms with E-state index in [0.717, 1.165) is 10.9 Å². The van der Waals surface area contributed by atoms with Crippen LogP contribution >= 0.6 is 11.6 Å². The molecule has 0 bridgehead atoms. The van der Waals surface area contributed by atoms with Gasteiger partial charge in [0, 0.05) is 11.6 Å². The van der Waals surface area contributed by atoms with Crippen molar-refractivity contribution in [2.45, 2.75) is 13.0 Å². The van der Waals surface area contributed by atoms with Crippen LogP contribution in [0.3, 0.4) is 0 Å². The van der Waals surface area contributed by atoms with Crippen molar-refractivity contribution < 1.29 is 17.3 Å².